The number of hydrogen-bond acceptors (Lipinski definition) is 9. The molecule has 0 saturated carbocycles. The third-order valence-electron chi connectivity index (χ3n) is 10.0. The second-order valence-electron chi connectivity index (χ2n) is 13.8. The van der Waals surface area contributed by atoms with E-state index in [0.717, 1.165) is 73.5 Å². The SMILES string of the molecule is O=c1cc(-c2ccccc2)oc2c(OCc3cn(CCCCCCCCCCn4nnc5c4-c4ccccc4CNc4ccccc4-5)nn3)c(O)ccc12. The number of nitrogens with zero attached hydrogens (tertiary/aromatic N) is 6. The van der Waals surface area contributed by atoms with Crippen molar-refractivity contribution >= 4 is 16.7 Å². The molecule has 2 N–H and O–H groups in total. The first-order chi connectivity index (χ1) is 26.6. The fourth-order valence-corrected chi connectivity index (χ4v) is 7.18. The zero-order valence-corrected chi connectivity index (χ0v) is 30.2. The average molecular weight is 722 g/mol. The van der Waals surface area contributed by atoms with Gasteiger partial charge in [0.25, 0.3) is 0 Å². The first-order valence-corrected chi connectivity index (χ1v) is 18.8. The number of ether oxygens (including phenoxy) is 1. The van der Waals surface area contributed by atoms with Crippen molar-refractivity contribution in [2.24, 2.45) is 0 Å². The molecule has 4 heterocycles. The Balaban J connectivity index is 0.769. The van der Waals surface area contributed by atoms with E-state index in [4.69, 9.17) is 9.15 Å². The number of anilines is 1. The van der Waals surface area contributed by atoms with Gasteiger partial charge in [-0.05, 0) is 36.6 Å². The largest absolute Gasteiger partial charge is 0.504 e. The van der Waals surface area contributed by atoms with Crippen molar-refractivity contribution in [1.29, 1.82) is 0 Å². The van der Waals surface area contributed by atoms with Gasteiger partial charge in [0.1, 0.15) is 23.8 Å². The number of hydrogen-bond donors (Lipinski definition) is 2. The lowest BCUT2D eigenvalue weighted by molar-refractivity contribution is 0.284. The maximum Gasteiger partial charge on any atom is 0.205 e. The van der Waals surface area contributed by atoms with Gasteiger partial charge in [-0.25, -0.2) is 4.68 Å². The van der Waals surface area contributed by atoms with Crippen molar-refractivity contribution in [3.05, 3.63) is 125 Å². The molecule has 54 heavy (non-hydrogen) atoms. The summed E-state index contributed by atoms with van der Waals surface area (Å²) in [5, 5.41) is 32.3. The van der Waals surface area contributed by atoms with Gasteiger partial charge in [0, 0.05) is 48.1 Å². The summed E-state index contributed by atoms with van der Waals surface area (Å²) < 4.78 is 16.0. The summed E-state index contributed by atoms with van der Waals surface area (Å²) in [5.74, 6) is 0.395. The van der Waals surface area contributed by atoms with Crippen LogP contribution < -0.4 is 15.5 Å². The van der Waals surface area contributed by atoms with Gasteiger partial charge in [-0.1, -0.05) is 122 Å². The molecule has 11 heteroatoms. The van der Waals surface area contributed by atoms with Crippen LogP contribution in [0.1, 0.15) is 62.6 Å². The molecule has 0 aliphatic carbocycles. The predicted octanol–water partition coefficient (Wildman–Crippen LogP) is 9.01. The molecule has 8 rings (SSSR count). The molecule has 0 bridgehead atoms. The van der Waals surface area contributed by atoms with Crippen molar-refractivity contribution in [3.8, 4) is 45.3 Å². The molecular formula is C43H43N7O4. The molecule has 274 valence electrons. The molecule has 3 aromatic heterocycles. The Hall–Kier alpha value is -6.23. The first kappa shape index (κ1) is 34.8. The molecule has 0 radical (unpaired) electrons. The van der Waals surface area contributed by atoms with E-state index in [2.05, 4.69) is 79.2 Å². The van der Waals surface area contributed by atoms with Crippen LogP contribution in [0.5, 0.6) is 11.5 Å². The van der Waals surface area contributed by atoms with Crippen LogP contribution in [0.25, 0.3) is 44.8 Å². The van der Waals surface area contributed by atoms with Crippen LogP contribution in [0.15, 0.2) is 112 Å². The maximum atomic E-state index is 12.9. The molecule has 1 aliphatic heterocycles. The van der Waals surface area contributed by atoms with E-state index in [-0.39, 0.29) is 29.1 Å². The van der Waals surface area contributed by atoms with Crippen LogP contribution in [0.4, 0.5) is 5.69 Å². The normalized spacial score (nSPS) is 12.0. The maximum absolute atomic E-state index is 12.9. The van der Waals surface area contributed by atoms with Crippen molar-refractivity contribution in [1.82, 2.24) is 30.0 Å². The van der Waals surface area contributed by atoms with Crippen LogP contribution in [0.2, 0.25) is 0 Å². The Bertz CT molecular complexity index is 2420. The van der Waals surface area contributed by atoms with Crippen molar-refractivity contribution in [2.75, 3.05) is 5.32 Å². The van der Waals surface area contributed by atoms with Crippen molar-refractivity contribution in [2.45, 2.75) is 77.6 Å². The minimum absolute atomic E-state index is 0.0735. The lowest BCUT2D eigenvalue weighted by Crippen LogP contribution is -2.09. The Labute approximate surface area is 313 Å². The van der Waals surface area contributed by atoms with Gasteiger partial charge in [-0.15, -0.1) is 10.2 Å². The molecule has 1 aliphatic rings. The van der Waals surface area contributed by atoms with Gasteiger partial charge in [0.05, 0.1) is 17.3 Å². The van der Waals surface area contributed by atoms with Crippen LogP contribution in [0.3, 0.4) is 0 Å². The molecule has 7 aromatic rings. The Kier molecular flexibility index (Phi) is 10.4. The zero-order chi connectivity index (χ0) is 36.7. The summed E-state index contributed by atoms with van der Waals surface area (Å²) >= 11 is 0. The van der Waals surface area contributed by atoms with Gasteiger partial charge in [0.15, 0.2) is 16.8 Å². The number of benzene rings is 4. The van der Waals surface area contributed by atoms with Gasteiger partial charge in [0.2, 0.25) is 5.75 Å². The number of phenols is 1. The molecular weight excluding hydrogens is 679 g/mol. The van der Waals surface area contributed by atoms with Gasteiger partial charge >= 0.3 is 0 Å². The van der Waals surface area contributed by atoms with Gasteiger partial charge in [-0.2, -0.15) is 0 Å². The van der Waals surface area contributed by atoms with E-state index in [9.17, 15) is 9.90 Å². The van der Waals surface area contributed by atoms with Crippen LogP contribution in [0, 0.1) is 0 Å². The highest BCUT2D eigenvalue weighted by Gasteiger charge is 2.23. The highest BCUT2D eigenvalue weighted by Crippen LogP contribution is 2.39. The number of rotatable bonds is 15. The summed E-state index contributed by atoms with van der Waals surface area (Å²) in [4.78, 5) is 12.9. The number of aryl methyl sites for hydroxylation is 2. The minimum Gasteiger partial charge on any atom is -0.504 e. The third kappa shape index (κ3) is 7.61. The summed E-state index contributed by atoms with van der Waals surface area (Å²) in [7, 11) is 0. The van der Waals surface area contributed by atoms with Crippen LogP contribution >= 0.6 is 0 Å². The topological polar surface area (TPSA) is 133 Å². The second-order valence-corrected chi connectivity index (χ2v) is 13.8. The number of nitrogens with one attached hydrogen (secondary N) is 1. The van der Waals surface area contributed by atoms with E-state index in [0.29, 0.717) is 16.8 Å². The molecule has 4 aromatic carbocycles. The average Bonchev–Trinajstić information content (AvgIpc) is 3.84. The summed E-state index contributed by atoms with van der Waals surface area (Å²) in [6.07, 6.45) is 11.0. The number of fused-ring (bicyclic) bond motifs is 6. The number of aromatic hydroxyl groups is 1. The second kappa shape index (κ2) is 16.2. The Morgan fingerprint density at radius 3 is 2.31 bits per heavy atom. The summed E-state index contributed by atoms with van der Waals surface area (Å²) in [6.45, 7) is 2.47. The van der Waals surface area contributed by atoms with E-state index < -0.39 is 0 Å². The van der Waals surface area contributed by atoms with Crippen molar-refractivity contribution < 1.29 is 14.3 Å². The molecule has 11 nitrogen and oxygen atoms in total. The van der Waals surface area contributed by atoms with E-state index in [1.165, 1.54) is 48.9 Å². The molecule has 0 atom stereocenters. The predicted molar refractivity (Wildman–Crippen MR) is 209 cm³/mol. The zero-order valence-electron chi connectivity index (χ0n) is 30.2. The fourth-order valence-electron chi connectivity index (χ4n) is 7.18. The quantitative estimate of drug-likeness (QED) is 0.0995. The Morgan fingerprint density at radius 2 is 1.48 bits per heavy atom. The first-order valence-electron chi connectivity index (χ1n) is 18.8. The molecule has 0 spiro atoms. The smallest absolute Gasteiger partial charge is 0.205 e. The monoisotopic (exact) mass is 721 g/mol. The molecule has 0 saturated heterocycles. The third-order valence-corrected chi connectivity index (χ3v) is 10.0. The van der Waals surface area contributed by atoms with Crippen LogP contribution in [-0.4, -0.2) is 35.1 Å². The van der Waals surface area contributed by atoms with E-state index in [1.54, 1.807) is 6.07 Å². The Morgan fingerprint density at radius 1 is 0.759 bits per heavy atom. The van der Waals surface area contributed by atoms with Gasteiger partial charge < -0.3 is 19.6 Å². The number of para-hydroxylation sites is 1. The lowest BCUT2D eigenvalue weighted by atomic mass is 9.96. The fraction of sp³-hybridized carbons (Fsp3) is 0.279. The molecule has 0 unspecified atom stereocenters. The standard InChI is InChI=1S/C43H43N7O4/c51-37-23-22-35-38(52)26-39(30-16-8-7-9-17-30)54-42(35)43(37)53-29-32-28-49(47-45-32)24-14-5-3-1-2-4-6-15-25-50-41-33-19-11-10-18-31(33)27-44-36-21-13-12-20-34(36)40(41)46-48-50/h7-13,16-23,26,28,44,51H,1-6,14-15,24-25,27,29H2. The minimum atomic E-state index is -0.213. The highest BCUT2D eigenvalue weighted by atomic mass is 16.5. The summed E-state index contributed by atoms with van der Waals surface area (Å²) in [5.41, 5.74) is 8.06. The molecule has 0 fully saturated rings. The van der Waals surface area contributed by atoms with Crippen molar-refractivity contribution in [3.63, 3.8) is 0 Å². The molecule has 0 amide bonds. The summed E-state index contributed by atoms with van der Waals surface area (Å²) in [6, 6.07) is 30.7. The number of unbranched alkanes of at least 4 members (excludes halogenated alkanes) is 7. The van der Waals surface area contributed by atoms with Crippen LogP contribution in [-0.2, 0) is 26.2 Å². The van der Waals surface area contributed by atoms with E-state index in [1.807, 2.05) is 41.2 Å². The lowest BCUT2D eigenvalue weighted by Gasteiger charge is -2.19. The van der Waals surface area contributed by atoms with Gasteiger partial charge in [-0.3, -0.25) is 9.48 Å². The van der Waals surface area contributed by atoms with E-state index >= 15 is 0 Å². The highest BCUT2D eigenvalue weighted by molar-refractivity contribution is 5.88. The number of aromatic nitrogens is 6. The number of phenolic OH excluding ortho intramolecular Hbond substituents is 1.